The summed E-state index contributed by atoms with van der Waals surface area (Å²) in [5.74, 6) is 1.81. The summed E-state index contributed by atoms with van der Waals surface area (Å²) in [6, 6.07) is 4.00. The number of pyridine rings is 1. The van der Waals surface area contributed by atoms with Crippen molar-refractivity contribution in [1.82, 2.24) is 4.98 Å². The van der Waals surface area contributed by atoms with Crippen LogP contribution in [0, 0.1) is 12.8 Å². The molecule has 3 heteroatoms. The van der Waals surface area contributed by atoms with Crippen LogP contribution in [0.3, 0.4) is 0 Å². The molecule has 0 aliphatic heterocycles. The molecular weight excluding hydrogens is 188 g/mol. The summed E-state index contributed by atoms with van der Waals surface area (Å²) in [5, 5.41) is 3.27. The van der Waals surface area contributed by atoms with Gasteiger partial charge in [0, 0.05) is 19.3 Å². The van der Waals surface area contributed by atoms with Gasteiger partial charge >= 0.3 is 0 Å². The Morgan fingerprint density at radius 1 is 1.53 bits per heavy atom. The maximum atomic E-state index is 5.53. The molecule has 0 saturated heterocycles. The topological polar surface area (TPSA) is 34.2 Å². The highest BCUT2D eigenvalue weighted by Gasteiger charge is 2.20. The third-order valence-electron chi connectivity index (χ3n) is 2.60. The van der Waals surface area contributed by atoms with Gasteiger partial charge < -0.3 is 10.1 Å². The number of ether oxygens (including phenoxy) is 1. The lowest BCUT2D eigenvalue weighted by atomic mass is 10.3. The SMILES string of the molecule is Cc1cccnc1NCCOCC1CC1. The van der Waals surface area contributed by atoms with Crippen molar-refractivity contribution in [2.75, 3.05) is 25.1 Å². The van der Waals surface area contributed by atoms with E-state index >= 15 is 0 Å². The van der Waals surface area contributed by atoms with Gasteiger partial charge in [0.1, 0.15) is 5.82 Å². The fourth-order valence-electron chi connectivity index (χ4n) is 1.45. The molecule has 1 aromatic rings. The van der Waals surface area contributed by atoms with Crippen LogP contribution in [0.15, 0.2) is 18.3 Å². The Morgan fingerprint density at radius 2 is 2.40 bits per heavy atom. The monoisotopic (exact) mass is 206 g/mol. The lowest BCUT2D eigenvalue weighted by Gasteiger charge is -2.08. The van der Waals surface area contributed by atoms with E-state index in [2.05, 4.69) is 23.3 Å². The molecule has 1 saturated carbocycles. The molecule has 1 aliphatic carbocycles. The molecule has 0 spiro atoms. The van der Waals surface area contributed by atoms with Crippen LogP contribution in [-0.4, -0.2) is 24.7 Å². The summed E-state index contributed by atoms with van der Waals surface area (Å²) in [7, 11) is 0. The third kappa shape index (κ3) is 3.51. The Hall–Kier alpha value is -1.09. The van der Waals surface area contributed by atoms with Gasteiger partial charge in [0.05, 0.1) is 6.61 Å². The van der Waals surface area contributed by atoms with Crippen molar-refractivity contribution in [3.63, 3.8) is 0 Å². The van der Waals surface area contributed by atoms with E-state index in [0.29, 0.717) is 0 Å². The number of aromatic nitrogens is 1. The second-order valence-corrected chi connectivity index (χ2v) is 4.11. The van der Waals surface area contributed by atoms with Crippen LogP contribution in [0.1, 0.15) is 18.4 Å². The molecule has 0 radical (unpaired) electrons. The molecular formula is C12H18N2O. The Labute approximate surface area is 90.9 Å². The largest absolute Gasteiger partial charge is 0.379 e. The fraction of sp³-hybridized carbons (Fsp3) is 0.583. The van der Waals surface area contributed by atoms with E-state index in [9.17, 15) is 0 Å². The van der Waals surface area contributed by atoms with Crippen LogP contribution < -0.4 is 5.32 Å². The van der Waals surface area contributed by atoms with Crippen LogP contribution in [0.2, 0.25) is 0 Å². The minimum Gasteiger partial charge on any atom is -0.379 e. The molecule has 0 unspecified atom stereocenters. The van der Waals surface area contributed by atoms with Gasteiger partial charge in [0.2, 0.25) is 0 Å². The second-order valence-electron chi connectivity index (χ2n) is 4.11. The van der Waals surface area contributed by atoms with Crippen LogP contribution >= 0.6 is 0 Å². The molecule has 3 nitrogen and oxygen atoms in total. The van der Waals surface area contributed by atoms with Crippen LogP contribution in [0.5, 0.6) is 0 Å². The molecule has 0 aromatic carbocycles. The average molecular weight is 206 g/mol. The van der Waals surface area contributed by atoms with E-state index < -0.39 is 0 Å². The Kier molecular flexibility index (Phi) is 3.56. The van der Waals surface area contributed by atoms with Crippen LogP contribution in [-0.2, 0) is 4.74 Å². The van der Waals surface area contributed by atoms with E-state index in [0.717, 1.165) is 31.5 Å². The smallest absolute Gasteiger partial charge is 0.128 e. The van der Waals surface area contributed by atoms with Gasteiger partial charge in [-0.05, 0) is 37.3 Å². The highest BCUT2D eigenvalue weighted by Crippen LogP contribution is 2.28. The number of nitrogens with one attached hydrogen (secondary N) is 1. The molecule has 1 heterocycles. The molecule has 1 fully saturated rings. The average Bonchev–Trinajstić information content (AvgIpc) is 3.04. The highest BCUT2D eigenvalue weighted by molar-refractivity contribution is 5.42. The molecule has 0 amide bonds. The fourth-order valence-corrected chi connectivity index (χ4v) is 1.45. The zero-order valence-electron chi connectivity index (χ0n) is 9.20. The summed E-state index contributed by atoms with van der Waals surface area (Å²) >= 11 is 0. The maximum Gasteiger partial charge on any atom is 0.128 e. The molecule has 1 aliphatic rings. The van der Waals surface area contributed by atoms with Gasteiger partial charge in [-0.25, -0.2) is 4.98 Å². The quantitative estimate of drug-likeness (QED) is 0.725. The number of rotatable bonds is 6. The van der Waals surface area contributed by atoms with Crippen molar-refractivity contribution in [2.24, 2.45) is 5.92 Å². The number of anilines is 1. The summed E-state index contributed by atoms with van der Waals surface area (Å²) in [4.78, 5) is 4.26. The zero-order chi connectivity index (χ0) is 10.5. The third-order valence-corrected chi connectivity index (χ3v) is 2.60. The minimum absolute atomic E-state index is 0.770. The van der Waals surface area contributed by atoms with E-state index in [-0.39, 0.29) is 0 Å². The van der Waals surface area contributed by atoms with E-state index in [4.69, 9.17) is 4.74 Å². The predicted octanol–water partition coefficient (Wildman–Crippen LogP) is 2.23. The number of hydrogen-bond donors (Lipinski definition) is 1. The zero-order valence-corrected chi connectivity index (χ0v) is 9.20. The van der Waals surface area contributed by atoms with Crippen molar-refractivity contribution < 1.29 is 4.74 Å². The standard InChI is InChI=1S/C12H18N2O/c1-10-3-2-6-13-12(10)14-7-8-15-9-11-4-5-11/h2-3,6,11H,4-5,7-9H2,1H3,(H,13,14). The van der Waals surface area contributed by atoms with E-state index in [1.807, 2.05) is 6.07 Å². The number of hydrogen-bond acceptors (Lipinski definition) is 3. The van der Waals surface area contributed by atoms with Crippen LogP contribution in [0.25, 0.3) is 0 Å². The predicted molar refractivity (Wildman–Crippen MR) is 61.0 cm³/mol. The first-order chi connectivity index (χ1) is 7.36. The van der Waals surface area contributed by atoms with E-state index in [1.54, 1.807) is 6.20 Å². The lowest BCUT2D eigenvalue weighted by molar-refractivity contribution is 0.134. The first kappa shape index (κ1) is 10.4. The lowest BCUT2D eigenvalue weighted by Crippen LogP contribution is -2.12. The molecule has 0 atom stereocenters. The van der Waals surface area contributed by atoms with Crippen molar-refractivity contribution in [1.29, 1.82) is 0 Å². The van der Waals surface area contributed by atoms with Crippen molar-refractivity contribution in [3.05, 3.63) is 23.9 Å². The number of aryl methyl sites for hydroxylation is 1. The molecule has 0 bridgehead atoms. The maximum absolute atomic E-state index is 5.53. The highest BCUT2D eigenvalue weighted by atomic mass is 16.5. The molecule has 15 heavy (non-hydrogen) atoms. The van der Waals surface area contributed by atoms with Crippen molar-refractivity contribution in [3.8, 4) is 0 Å². The van der Waals surface area contributed by atoms with Gasteiger partial charge in [0.15, 0.2) is 0 Å². The van der Waals surface area contributed by atoms with Gasteiger partial charge in [-0.15, -0.1) is 0 Å². The Balaban J connectivity index is 1.62. The normalized spacial score (nSPS) is 15.3. The van der Waals surface area contributed by atoms with Gasteiger partial charge in [-0.2, -0.15) is 0 Å². The molecule has 2 rings (SSSR count). The van der Waals surface area contributed by atoms with Gasteiger partial charge in [0.25, 0.3) is 0 Å². The molecule has 1 N–H and O–H groups in total. The van der Waals surface area contributed by atoms with Crippen LogP contribution in [0.4, 0.5) is 5.82 Å². The summed E-state index contributed by atoms with van der Waals surface area (Å²) < 4.78 is 5.53. The van der Waals surface area contributed by atoms with Gasteiger partial charge in [-0.1, -0.05) is 6.07 Å². The minimum atomic E-state index is 0.770. The second kappa shape index (κ2) is 5.12. The first-order valence-corrected chi connectivity index (χ1v) is 5.59. The Bertz CT molecular complexity index is 310. The summed E-state index contributed by atoms with van der Waals surface area (Å²) in [5.41, 5.74) is 1.18. The molecule has 1 aromatic heterocycles. The number of nitrogens with zero attached hydrogens (tertiary/aromatic N) is 1. The van der Waals surface area contributed by atoms with Crippen molar-refractivity contribution in [2.45, 2.75) is 19.8 Å². The van der Waals surface area contributed by atoms with Gasteiger partial charge in [-0.3, -0.25) is 0 Å². The first-order valence-electron chi connectivity index (χ1n) is 5.59. The summed E-state index contributed by atoms with van der Waals surface area (Å²) in [6.07, 6.45) is 4.51. The molecule has 82 valence electrons. The van der Waals surface area contributed by atoms with Crippen molar-refractivity contribution >= 4 is 5.82 Å². The van der Waals surface area contributed by atoms with E-state index in [1.165, 1.54) is 18.4 Å². The Morgan fingerprint density at radius 3 is 3.13 bits per heavy atom. The summed E-state index contributed by atoms with van der Waals surface area (Å²) in [6.45, 7) is 4.60.